The number of nitrogens with zero attached hydrogens (tertiary/aromatic N) is 1. The van der Waals surface area contributed by atoms with Gasteiger partial charge in [0.15, 0.2) is 0 Å². The molecule has 0 spiro atoms. The molecule has 2 rings (SSSR count). The third kappa shape index (κ3) is 4.84. The predicted octanol–water partition coefficient (Wildman–Crippen LogP) is 5.07. The largest absolute Gasteiger partial charge is 0.495 e. The van der Waals surface area contributed by atoms with Crippen molar-refractivity contribution in [2.75, 3.05) is 19.0 Å². The van der Waals surface area contributed by atoms with Crippen LogP contribution < -0.4 is 10.1 Å². The van der Waals surface area contributed by atoms with E-state index in [0.717, 1.165) is 11.3 Å². The lowest BCUT2D eigenvalue weighted by Crippen LogP contribution is -2.07. The number of esters is 1. The second-order valence-electron chi connectivity index (χ2n) is 5.43. The van der Waals surface area contributed by atoms with Crippen molar-refractivity contribution < 1.29 is 19.1 Å². The van der Waals surface area contributed by atoms with Gasteiger partial charge in [0.05, 0.1) is 24.3 Å². The van der Waals surface area contributed by atoms with Gasteiger partial charge in [-0.3, -0.25) is 4.79 Å². The lowest BCUT2D eigenvalue weighted by atomic mass is 10.1. The number of thiophene rings is 1. The van der Waals surface area contributed by atoms with Gasteiger partial charge in [0.25, 0.3) is 0 Å². The minimum Gasteiger partial charge on any atom is -0.495 e. The molecule has 0 bridgehead atoms. The van der Waals surface area contributed by atoms with E-state index in [9.17, 15) is 14.9 Å². The van der Waals surface area contributed by atoms with Gasteiger partial charge in [0.1, 0.15) is 21.7 Å². The van der Waals surface area contributed by atoms with Gasteiger partial charge >= 0.3 is 5.97 Å². The minimum atomic E-state index is -0.532. The van der Waals surface area contributed by atoms with Crippen LogP contribution in [0.2, 0.25) is 10.0 Å². The standard InChI is InChI=1S/C19H16Cl2N2O4S/c1-4-27-19(25)17-10(2)13(9-22)18(28-17)23-15(24)6-5-11-7-12(20)8-14(21)16(11)26-3/h5-8H,4H2,1-3H3,(H,23,24). The summed E-state index contributed by atoms with van der Waals surface area (Å²) in [6.07, 6.45) is 2.75. The molecule has 1 aromatic carbocycles. The first-order chi connectivity index (χ1) is 13.3. The van der Waals surface area contributed by atoms with E-state index in [0.29, 0.717) is 26.9 Å². The topological polar surface area (TPSA) is 88.4 Å². The molecule has 1 aromatic heterocycles. The van der Waals surface area contributed by atoms with E-state index in [2.05, 4.69) is 5.32 Å². The molecule has 6 nitrogen and oxygen atoms in total. The fourth-order valence-electron chi connectivity index (χ4n) is 2.37. The average molecular weight is 439 g/mol. The number of rotatable bonds is 6. The number of nitriles is 1. The van der Waals surface area contributed by atoms with Gasteiger partial charge in [-0.2, -0.15) is 5.26 Å². The number of methoxy groups -OCH3 is 1. The Morgan fingerprint density at radius 2 is 2.07 bits per heavy atom. The van der Waals surface area contributed by atoms with Crippen molar-refractivity contribution in [3.8, 4) is 11.8 Å². The van der Waals surface area contributed by atoms with E-state index in [-0.39, 0.29) is 22.0 Å². The van der Waals surface area contributed by atoms with Gasteiger partial charge in [-0.05, 0) is 37.6 Å². The van der Waals surface area contributed by atoms with Crippen molar-refractivity contribution >= 4 is 57.5 Å². The van der Waals surface area contributed by atoms with Crippen LogP contribution in [0.3, 0.4) is 0 Å². The van der Waals surface area contributed by atoms with Gasteiger partial charge in [-0.1, -0.05) is 23.2 Å². The third-order valence-corrected chi connectivity index (χ3v) is 5.30. The molecule has 0 fully saturated rings. The quantitative estimate of drug-likeness (QED) is 0.502. The summed E-state index contributed by atoms with van der Waals surface area (Å²) in [5, 5.41) is 13.0. The van der Waals surface area contributed by atoms with Crippen LogP contribution >= 0.6 is 34.5 Å². The number of carbonyl (C=O) groups excluding carboxylic acids is 2. The van der Waals surface area contributed by atoms with E-state index < -0.39 is 11.9 Å². The Bertz CT molecular complexity index is 993. The Morgan fingerprint density at radius 3 is 2.68 bits per heavy atom. The molecule has 0 aliphatic carbocycles. The maximum absolute atomic E-state index is 12.3. The van der Waals surface area contributed by atoms with Gasteiger partial charge in [-0.25, -0.2) is 4.79 Å². The highest BCUT2D eigenvalue weighted by Gasteiger charge is 2.21. The van der Waals surface area contributed by atoms with E-state index in [1.165, 1.54) is 25.3 Å². The van der Waals surface area contributed by atoms with Crippen LogP contribution in [0.1, 0.15) is 33.3 Å². The number of hydrogen-bond donors (Lipinski definition) is 1. The number of halogens is 2. The first kappa shape index (κ1) is 21.8. The zero-order chi connectivity index (χ0) is 20.8. The number of benzene rings is 1. The molecule has 146 valence electrons. The van der Waals surface area contributed by atoms with Gasteiger partial charge < -0.3 is 14.8 Å². The fraction of sp³-hybridized carbons (Fsp3) is 0.211. The summed E-state index contributed by atoms with van der Waals surface area (Å²) in [4.78, 5) is 24.6. The smallest absolute Gasteiger partial charge is 0.348 e. The second kappa shape index (κ2) is 9.60. The molecule has 2 aromatic rings. The molecule has 0 saturated carbocycles. The summed E-state index contributed by atoms with van der Waals surface area (Å²) in [7, 11) is 1.46. The number of hydrogen-bond acceptors (Lipinski definition) is 6. The Balaban J connectivity index is 2.27. The summed E-state index contributed by atoms with van der Waals surface area (Å²) < 4.78 is 10.2. The number of amides is 1. The van der Waals surface area contributed by atoms with Crippen molar-refractivity contribution in [3.63, 3.8) is 0 Å². The van der Waals surface area contributed by atoms with Crippen LogP contribution in [0.15, 0.2) is 18.2 Å². The number of carbonyl (C=O) groups is 2. The molecule has 1 N–H and O–H groups in total. The molecule has 1 heterocycles. The summed E-state index contributed by atoms with van der Waals surface area (Å²) in [6.45, 7) is 3.54. The van der Waals surface area contributed by atoms with Crippen molar-refractivity contribution in [1.29, 1.82) is 5.26 Å². The summed E-state index contributed by atoms with van der Waals surface area (Å²) in [5.74, 6) is -0.647. The first-order valence-corrected chi connectivity index (χ1v) is 9.62. The maximum atomic E-state index is 12.3. The van der Waals surface area contributed by atoms with E-state index >= 15 is 0 Å². The molecule has 0 radical (unpaired) electrons. The van der Waals surface area contributed by atoms with Crippen LogP contribution in [-0.2, 0) is 9.53 Å². The van der Waals surface area contributed by atoms with Crippen LogP contribution in [0.4, 0.5) is 5.00 Å². The Morgan fingerprint density at radius 1 is 1.36 bits per heavy atom. The molecule has 0 aliphatic rings. The van der Waals surface area contributed by atoms with Crippen LogP contribution in [-0.4, -0.2) is 25.6 Å². The molecule has 9 heteroatoms. The summed E-state index contributed by atoms with van der Waals surface area (Å²) in [6, 6.07) is 5.14. The zero-order valence-corrected chi connectivity index (χ0v) is 17.6. The number of ether oxygens (including phenoxy) is 2. The highest BCUT2D eigenvalue weighted by Crippen LogP contribution is 2.34. The first-order valence-electron chi connectivity index (χ1n) is 8.05. The lowest BCUT2D eigenvalue weighted by molar-refractivity contribution is -0.111. The van der Waals surface area contributed by atoms with Gasteiger partial charge in [-0.15, -0.1) is 11.3 Å². The van der Waals surface area contributed by atoms with Crippen molar-refractivity contribution in [2.24, 2.45) is 0 Å². The fourth-order valence-corrected chi connectivity index (χ4v) is 4.01. The molecule has 0 saturated heterocycles. The minimum absolute atomic E-state index is 0.215. The van der Waals surface area contributed by atoms with Crippen molar-refractivity contribution in [3.05, 3.63) is 49.8 Å². The Hall–Kier alpha value is -2.53. The number of nitrogens with one attached hydrogen (secondary N) is 1. The second-order valence-corrected chi connectivity index (χ2v) is 7.29. The molecule has 0 unspecified atom stereocenters. The van der Waals surface area contributed by atoms with E-state index in [4.69, 9.17) is 32.7 Å². The van der Waals surface area contributed by atoms with E-state index in [1.807, 2.05) is 6.07 Å². The normalized spacial score (nSPS) is 10.6. The molecule has 28 heavy (non-hydrogen) atoms. The monoisotopic (exact) mass is 438 g/mol. The van der Waals surface area contributed by atoms with Crippen molar-refractivity contribution in [1.82, 2.24) is 0 Å². The third-order valence-electron chi connectivity index (χ3n) is 3.61. The molecular weight excluding hydrogens is 423 g/mol. The van der Waals surface area contributed by atoms with Gasteiger partial charge in [0, 0.05) is 16.7 Å². The SMILES string of the molecule is CCOC(=O)c1sc(NC(=O)C=Cc2cc(Cl)cc(Cl)c2OC)c(C#N)c1C. The lowest BCUT2D eigenvalue weighted by Gasteiger charge is -2.07. The molecule has 1 amide bonds. The Labute approximate surface area is 176 Å². The van der Waals surface area contributed by atoms with Crippen LogP contribution in [0, 0.1) is 18.3 Å². The highest BCUT2D eigenvalue weighted by atomic mass is 35.5. The molecular formula is C19H16Cl2N2O4S. The van der Waals surface area contributed by atoms with Gasteiger partial charge in [0.2, 0.25) is 5.91 Å². The summed E-state index contributed by atoms with van der Waals surface area (Å²) >= 11 is 13.1. The van der Waals surface area contributed by atoms with Crippen molar-refractivity contribution in [2.45, 2.75) is 13.8 Å². The maximum Gasteiger partial charge on any atom is 0.348 e. The molecule has 0 atom stereocenters. The Kier molecular flexibility index (Phi) is 7.46. The van der Waals surface area contributed by atoms with Crippen LogP contribution in [0.5, 0.6) is 5.75 Å². The van der Waals surface area contributed by atoms with Crippen LogP contribution in [0.25, 0.3) is 6.08 Å². The highest BCUT2D eigenvalue weighted by molar-refractivity contribution is 7.18. The average Bonchev–Trinajstić information content (AvgIpc) is 2.95. The molecule has 0 aliphatic heterocycles. The zero-order valence-electron chi connectivity index (χ0n) is 15.3. The summed E-state index contributed by atoms with van der Waals surface area (Å²) in [5.41, 5.74) is 1.21. The van der Waals surface area contributed by atoms with E-state index in [1.54, 1.807) is 19.9 Å². The number of anilines is 1. The predicted molar refractivity (Wildman–Crippen MR) is 110 cm³/mol.